The molecule has 5 rings (SSSR count). The van der Waals surface area contributed by atoms with E-state index in [1.54, 1.807) is 37.3 Å². The number of methoxy groups -OCH3 is 2. The van der Waals surface area contributed by atoms with Crippen molar-refractivity contribution in [1.29, 1.82) is 0 Å². The molecule has 3 N–H and O–H groups in total. The van der Waals surface area contributed by atoms with Crippen LogP contribution in [0.3, 0.4) is 0 Å². The molecule has 12 nitrogen and oxygen atoms in total. The molecule has 0 unspecified atom stereocenters. The fourth-order valence-electron chi connectivity index (χ4n) is 4.51. The molecular formula is C28H29N7O5. The molecule has 0 amide bonds. The molecule has 0 spiro atoms. The first-order chi connectivity index (χ1) is 19.3. The Morgan fingerprint density at radius 3 is 2.10 bits per heavy atom. The minimum Gasteiger partial charge on any atom is -0.465 e. The van der Waals surface area contributed by atoms with Crippen LogP contribution in [0.2, 0.25) is 0 Å². The van der Waals surface area contributed by atoms with Gasteiger partial charge in [-0.05, 0) is 42.8 Å². The van der Waals surface area contributed by atoms with Crippen LogP contribution in [0, 0.1) is 6.92 Å². The summed E-state index contributed by atoms with van der Waals surface area (Å²) < 4.78 is 19.3. The molecule has 5 aromatic rings. The van der Waals surface area contributed by atoms with Crippen molar-refractivity contribution in [2.45, 2.75) is 33.4 Å². The van der Waals surface area contributed by atoms with E-state index in [-0.39, 0.29) is 0 Å². The van der Waals surface area contributed by atoms with Crippen LogP contribution in [0.5, 0.6) is 0 Å². The van der Waals surface area contributed by atoms with Gasteiger partial charge in [0.05, 0.1) is 47.4 Å². The highest BCUT2D eigenvalue weighted by Gasteiger charge is 2.17. The van der Waals surface area contributed by atoms with E-state index in [1.807, 2.05) is 34.3 Å². The smallest absolute Gasteiger partial charge is 0.337 e. The molecule has 0 aliphatic carbocycles. The Labute approximate surface area is 229 Å². The predicted molar refractivity (Wildman–Crippen MR) is 150 cm³/mol. The normalized spacial score (nSPS) is 11.5. The van der Waals surface area contributed by atoms with Gasteiger partial charge in [0.25, 0.3) is 0 Å². The van der Waals surface area contributed by atoms with E-state index in [4.69, 9.17) is 24.6 Å². The second kappa shape index (κ2) is 10.9. The van der Waals surface area contributed by atoms with Gasteiger partial charge in [0.2, 0.25) is 17.8 Å². The molecule has 0 saturated carbocycles. The number of hydrogen-bond donors (Lipinski definition) is 2. The van der Waals surface area contributed by atoms with Crippen LogP contribution in [0.4, 0.5) is 17.8 Å². The van der Waals surface area contributed by atoms with Crippen LogP contribution in [0.25, 0.3) is 22.1 Å². The van der Waals surface area contributed by atoms with Crippen LogP contribution in [0.1, 0.15) is 39.2 Å². The summed E-state index contributed by atoms with van der Waals surface area (Å²) in [5, 5.41) is 3.27. The number of carbonyl (C=O) groups is 2. The zero-order chi connectivity index (χ0) is 28.4. The summed E-state index contributed by atoms with van der Waals surface area (Å²) in [6.07, 6.45) is 4.65. The number of nitrogens with one attached hydrogen (secondary N) is 1. The van der Waals surface area contributed by atoms with Gasteiger partial charge >= 0.3 is 11.9 Å². The topological polar surface area (TPSA) is 152 Å². The lowest BCUT2D eigenvalue weighted by Gasteiger charge is -2.08. The number of hydrogen-bond acceptors (Lipinski definition) is 10. The first kappa shape index (κ1) is 26.5. The molecule has 0 aliphatic heterocycles. The van der Waals surface area contributed by atoms with E-state index in [0.29, 0.717) is 65.3 Å². The molecule has 2 aromatic carbocycles. The monoisotopic (exact) mass is 543 g/mol. The number of rotatable bonds is 9. The Kier molecular flexibility index (Phi) is 7.23. The number of anilines is 3. The summed E-state index contributed by atoms with van der Waals surface area (Å²) in [4.78, 5) is 37.5. The third kappa shape index (κ3) is 4.98. The van der Waals surface area contributed by atoms with Gasteiger partial charge in [-0.2, -0.15) is 0 Å². The predicted octanol–water partition coefficient (Wildman–Crippen LogP) is 4.40. The maximum absolute atomic E-state index is 12.1. The van der Waals surface area contributed by atoms with E-state index in [1.165, 1.54) is 14.2 Å². The van der Waals surface area contributed by atoms with Gasteiger partial charge in [0, 0.05) is 20.0 Å². The Hall–Kier alpha value is -5.13. The number of fused-ring (bicyclic) bond motifs is 2. The molecule has 3 heterocycles. The van der Waals surface area contributed by atoms with Crippen molar-refractivity contribution >= 4 is 51.8 Å². The van der Waals surface area contributed by atoms with Crippen molar-refractivity contribution in [3.63, 3.8) is 0 Å². The summed E-state index contributed by atoms with van der Waals surface area (Å²) in [5.41, 5.74) is 10.6. The Bertz CT molecular complexity index is 1760. The van der Waals surface area contributed by atoms with Crippen LogP contribution in [-0.2, 0) is 29.0 Å². The zero-order valence-electron chi connectivity index (χ0n) is 22.6. The summed E-state index contributed by atoms with van der Waals surface area (Å²) >= 11 is 0. The van der Waals surface area contributed by atoms with E-state index in [9.17, 15) is 9.59 Å². The third-order valence-electron chi connectivity index (χ3n) is 6.48. The number of benzene rings is 2. The first-order valence-corrected chi connectivity index (χ1v) is 12.6. The molecule has 12 heteroatoms. The first-order valence-electron chi connectivity index (χ1n) is 12.6. The zero-order valence-corrected chi connectivity index (χ0v) is 22.6. The molecule has 0 fully saturated rings. The Morgan fingerprint density at radius 1 is 0.925 bits per heavy atom. The van der Waals surface area contributed by atoms with Crippen molar-refractivity contribution in [3.05, 3.63) is 71.3 Å². The van der Waals surface area contributed by atoms with E-state index in [0.717, 1.165) is 16.7 Å². The van der Waals surface area contributed by atoms with Gasteiger partial charge in [-0.3, -0.25) is 5.32 Å². The van der Waals surface area contributed by atoms with Crippen molar-refractivity contribution in [2.24, 2.45) is 0 Å². The van der Waals surface area contributed by atoms with Crippen LogP contribution >= 0.6 is 0 Å². The highest BCUT2D eigenvalue weighted by Crippen LogP contribution is 2.27. The number of allylic oxidation sites excluding steroid dienone is 2. The minimum absolute atomic E-state index is 0.334. The quantitative estimate of drug-likeness (QED) is 0.202. The number of nitrogen functional groups attached to an aromatic ring is 1. The minimum atomic E-state index is -0.436. The number of aryl methyl sites for hydroxylation is 2. The fraction of sp³-hybridized carbons (Fsp3) is 0.250. The number of ether oxygens (including phenoxy) is 2. The van der Waals surface area contributed by atoms with E-state index < -0.39 is 11.9 Å². The number of imidazole rings is 2. The maximum Gasteiger partial charge on any atom is 0.337 e. The molecule has 0 bridgehead atoms. The molecule has 3 aromatic heterocycles. The fourth-order valence-corrected chi connectivity index (χ4v) is 4.51. The van der Waals surface area contributed by atoms with Crippen molar-refractivity contribution in [2.75, 3.05) is 25.3 Å². The highest BCUT2D eigenvalue weighted by molar-refractivity contribution is 5.95. The molecule has 40 heavy (non-hydrogen) atoms. The molecule has 0 aliphatic rings. The lowest BCUT2D eigenvalue weighted by atomic mass is 10.2. The summed E-state index contributed by atoms with van der Waals surface area (Å²) in [6, 6.07) is 10.4. The van der Waals surface area contributed by atoms with Gasteiger partial charge in [-0.1, -0.05) is 19.1 Å². The maximum atomic E-state index is 12.1. The lowest BCUT2D eigenvalue weighted by Crippen LogP contribution is -2.05. The van der Waals surface area contributed by atoms with Crippen LogP contribution < -0.4 is 11.1 Å². The van der Waals surface area contributed by atoms with Crippen molar-refractivity contribution in [1.82, 2.24) is 24.1 Å². The Morgan fingerprint density at radius 2 is 1.50 bits per heavy atom. The number of esters is 2. The standard InChI is InChI=1S/C28H29N7O5/c1-5-19-24(40-16(2)30-19)33-28-32-21-15-18(26(37)39-4)9-11-23(21)35(28)13-7-6-12-34-22-10-8-17(25(36)38-3)14-20(22)31-27(34)29/h6-11,14-15H,5,12-13H2,1-4H3,(H2,29,31)(H,32,33)/b7-6+. The summed E-state index contributed by atoms with van der Waals surface area (Å²) in [7, 11) is 2.68. The second-order valence-corrected chi connectivity index (χ2v) is 8.98. The van der Waals surface area contributed by atoms with Crippen molar-refractivity contribution < 1.29 is 23.5 Å². The van der Waals surface area contributed by atoms with Gasteiger partial charge in [0.1, 0.15) is 5.69 Å². The van der Waals surface area contributed by atoms with Gasteiger partial charge in [-0.25, -0.2) is 24.5 Å². The van der Waals surface area contributed by atoms with Crippen LogP contribution in [-0.4, -0.2) is 50.2 Å². The molecule has 0 atom stereocenters. The molecule has 206 valence electrons. The third-order valence-corrected chi connectivity index (χ3v) is 6.48. The van der Waals surface area contributed by atoms with E-state index >= 15 is 0 Å². The van der Waals surface area contributed by atoms with Gasteiger partial charge in [0.15, 0.2) is 5.89 Å². The van der Waals surface area contributed by atoms with Gasteiger partial charge in [-0.15, -0.1) is 0 Å². The Balaban J connectivity index is 1.44. The summed E-state index contributed by atoms with van der Waals surface area (Å²) in [6.45, 7) is 4.71. The lowest BCUT2D eigenvalue weighted by molar-refractivity contribution is 0.0592. The number of carbonyl (C=O) groups excluding carboxylic acids is 2. The molecular weight excluding hydrogens is 514 g/mol. The van der Waals surface area contributed by atoms with Gasteiger partial charge < -0.3 is 28.8 Å². The SMILES string of the molecule is CCc1nc(C)oc1Nc1nc2cc(C(=O)OC)ccc2n1C/C=C/Cn1c(N)nc2cc(C(=O)OC)ccc21. The van der Waals surface area contributed by atoms with Crippen molar-refractivity contribution in [3.8, 4) is 0 Å². The number of nitrogens with two attached hydrogens (primary N) is 1. The largest absolute Gasteiger partial charge is 0.465 e. The number of nitrogens with zero attached hydrogens (tertiary/aromatic N) is 5. The highest BCUT2D eigenvalue weighted by atomic mass is 16.5. The number of oxazole rings is 1. The summed E-state index contributed by atoms with van der Waals surface area (Å²) in [5.74, 6) is 1.08. The average Bonchev–Trinajstić information content (AvgIpc) is 3.60. The second-order valence-electron chi connectivity index (χ2n) is 8.98. The average molecular weight is 544 g/mol. The van der Waals surface area contributed by atoms with E-state index in [2.05, 4.69) is 15.3 Å². The molecule has 0 radical (unpaired) electrons. The molecule has 0 saturated heterocycles. The van der Waals surface area contributed by atoms with Crippen LogP contribution in [0.15, 0.2) is 53.0 Å². The number of aromatic nitrogens is 5.